The fourth-order valence-electron chi connectivity index (χ4n) is 2.66. The lowest BCUT2D eigenvalue weighted by molar-refractivity contribution is -0.0641. The van der Waals surface area contributed by atoms with Gasteiger partial charge in [-0.2, -0.15) is 5.48 Å². The van der Waals surface area contributed by atoms with Crippen LogP contribution in [0.4, 0.5) is 0 Å². The highest BCUT2D eigenvalue weighted by atomic mass is 16.7. The van der Waals surface area contributed by atoms with Crippen LogP contribution < -0.4 is 5.48 Å². The summed E-state index contributed by atoms with van der Waals surface area (Å²) in [5.41, 5.74) is 5.78. The van der Waals surface area contributed by atoms with Crippen molar-refractivity contribution in [2.75, 3.05) is 6.61 Å². The monoisotopic (exact) mass is 233 g/mol. The average molecular weight is 233 g/mol. The molecule has 1 aromatic rings. The fourth-order valence-corrected chi connectivity index (χ4v) is 2.66. The quantitative estimate of drug-likeness (QED) is 0.814. The summed E-state index contributed by atoms with van der Waals surface area (Å²) in [5.74, 6) is 0. The summed E-state index contributed by atoms with van der Waals surface area (Å²) < 4.78 is 5.58. The highest BCUT2D eigenvalue weighted by molar-refractivity contribution is 5.30. The molecule has 1 aliphatic carbocycles. The van der Waals surface area contributed by atoms with Crippen LogP contribution >= 0.6 is 0 Å². The minimum Gasteiger partial charge on any atom is -0.375 e. The summed E-state index contributed by atoms with van der Waals surface area (Å²) >= 11 is 0. The highest BCUT2D eigenvalue weighted by Gasteiger charge is 2.22. The van der Waals surface area contributed by atoms with Crippen molar-refractivity contribution in [3.63, 3.8) is 0 Å². The first-order chi connectivity index (χ1) is 8.43. The van der Waals surface area contributed by atoms with Crippen molar-refractivity contribution >= 4 is 0 Å². The number of hydrogen-bond acceptors (Lipinski definition) is 3. The molecule has 1 heterocycles. The molecule has 1 atom stereocenters. The lowest BCUT2D eigenvalue weighted by atomic mass is 10.00. The van der Waals surface area contributed by atoms with Gasteiger partial charge in [0.2, 0.25) is 0 Å². The summed E-state index contributed by atoms with van der Waals surface area (Å²) in [6.07, 6.45) is 5.35. The van der Waals surface area contributed by atoms with Gasteiger partial charge in [-0.25, -0.2) is 0 Å². The minimum atomic E-state index is 0.181. The number of hydrogen-bond donors (Lipinski definition) is 1. The van der Waals surface area contributed by atoms with Gasteiger partial charge in [-0.1, -0.05) is 37.1 Å². The van der Waals surface area contributed by atoms with Crippen LogP contribution in [0.3, 0.4) is 0 Å². The number of hydroxylamine groups is 1. The van der Waals surface area contributed by atoms with Crippen molar-refractivity contribution < 1.29 is 9.57 Å². The Morgan fingerprint density at radius 1 is 1.18 bits per heavy atom. The van der Waals surface area contributed by atoms with E-state index in [4.69, 9.17) is 9.57 Å². The fraction of sp³-hybridized carbons (Fsp3) is 0.571. The lowest BCUT2D eigenvalue weighted by Gasteiger charge is -2.27. The molecule has 1 aliphatic heterocycles. The Kier molecular flexibility index (Phi) is 3.41. The molecule has 3 nitrogen and oxygen atoms in total. The maximum Gasteiger partial charge on any atom is 0.0809 e. The Hall–Kier alpha value is -0.900. The molecule has 3 heteroatoms. The van der Waals surface area contributed by atoms with E-state index < -0.39 is 0 Å². The second kappa shape index (κ2) is 5.17. The molecular weight excluding hydrogens is 214 g/mol. The largest absolute Gasteiger partial charge is 0.375 e. The Bertz CT molecular complexity index is 374. The van der Waals surface area contributed by atoms with Crippen molar-refractivity contribution in [3.8, 4) is 0 Å². The molecule has 1 saturated carbocycles. The van der Waals surface area contributed by atoms with Gasteiger partial charge < -0.3 is 4.74 Å². The molecule has 0 amide bonds. The topological polar surface area (TPSA) is 30.5 Å². The zero-order valence-electron chi connectivity index (χ0n) is 10.0. The van der Waals surface area contributed by atoms with Crippen LogP contribution in [0.15, 0.2) is 24.3 Å². The normalized spacial score (nSPS) is 24.8. The standard InChI is InChI=1S/C14H19NO2/c1-4-8-13-11(5-1)9-16-10-14(13)15-17-12-6-2-3-7-12/h1,4-5,8,12,14-15H,2-3,6-7,9-10H2. The van der Waals surface area contributed by atoms with Crippen LogP contribution in [0.1, 0.15) is 42.9 Å². The van der Waals surface area contributed by atoms with Gasteiger partial charge in [0.1, 0.15) is 0 Å². The van der Waals surface area contributed by atoms with E-state index in [9.17, 15) is 0 Å². The summed E-state index contributed by atoms with van der Waals surface area (Å²) in [4.78, 5) is 5.77. The molecule has 1 aromatic carbocycles. The number of rotatable bonds is 3. The highest BCUT2D eigenvalue weighted by Crippen LogP contribution is 2.26. The zero-order valence-corrected chi connectivity index (χ0v) is 10.0. The number of ether oxygens (including phenoxy) is 1. The van der Waals surface area contributed by atoms with E-state index in [2.05, 4.69) is 29.7 Å². The Morgan fingerprint density at radius 3 is 2.88 bits per heavy atom. The predicted octanol–water partition coefficient (Wildman–Crippen LogP) is 2.72. The van der Waals surface area contributed by atoms with Crippen LogP contribution in [0, 0.1) is 0 Å². The second-order valence-corrected chi connectivity index (χ2v) is 4.91. The van der Waals surface area contributed by atoms with E-state index >= 15 is 0 Å². The van der Waals surface area contributed by atoms with E-state index in [0.717, 1.165) is 6.61 Å². The van der Waals surface area contributed by atoms with Gasteiger partial charge in [-0.05, 0) is 24.0 Å². The van der Waals surface area contributed by atoms with Crippen LogP contribution in [0.5, 0.6) is 0 Å². The molecule has 1 unspecified atom stereocenters. The van der Waals surface area contributed by atoms with Crippen LogP contribution in [-0.4, -0.2) is 12.7 Å². The van der Waals surface area contributed by atoms with Gasteiger partial charge in [-0.3, -0.25) is 4.84 Å². The second-order valence-electron chi connectivity index (χ2n) is 4.91. The van der Waals surface area contributed by atoms with Crippen molar-refractivity contribution in [2.24, 2.45) is 0 Å². The Labute approximate surface area is 102 Å². The third kappa shape index (κ3) is 2.51. The van der Waals surface area contributed by atoms with E-state index in [-0.39, 0.29) is 6.04 Å². The molecule has 92 valence electrons. The Morgan fingerprint density at radius 2 is 2.00 bits per heavy atom. The zero-order chi connectivity index (χ0) is 11.5. The van der Waals surface area contributed by atoms with Crippen molar-refractivity contribution in [2.45, 2.75) is 44.4 Å². The summed E-state index contributed by atoms with van der Waals surface area (Å²) in [7, 11) is 0. The molecule has 0 aromatic heterocycles. The van der Waals surface area contributed by atoms with Gasteiger partial charge in [0.15, 0.2) is 0 Å². The first kappa shape index (κ1) is 11.2. The molecule has 1 N–H and O–H groups in total. The van der Waals surface area contributed by atoms with Gasteiger partial charge >= 0.3 is 0 Å². The molecule has 3 rings (SSSR count). The van der Waals surface area contributed by atoms with Gasteiger partial charge in [0.25, 0.3) is 0 Å². The molecule has 1 fully saturated rings. The van der Waals surface area contributed by atoms with Crippen LogP contribution in [0.25, 0.3) is 0 Å². The first-order valence-corrected chi connectivity index (χ1v) is 6.50. The van der Waals surface area contributed by atoms with E-state index in [1.165, 1.54) is 36.8 Å². The molecule has 2 aliphatic rings. The third-order valence-corrected chi connectivity index (χ3v) is 3.65. The van der Waals surface area contributed by atoms with Crippen LogP contribution in [0.2, 0.25) is 0 Å². The summed E-state index contributed by atoms with van der Waals surface area (Å²) in [6, 6.07) is 8.60. The first-order valence-electron chi connectivity index (χ1n) is 6.50. The molecular formula is C14H19NO2. The third-order valence-electron chi connectivity index (χ3n) is 3.65. The smallest absolute Gasteiger partial charge is 0.0809 e. The molecule has 17 heavy (non-hydrogen) atoms. The van der Waals surface area contributed by atoms with Crippen molar-refractivity contribution in [1.82, 2.24) is 5.48 Å². The average Bonchev–Trinajstić information content (AvgIpc) is 2.89. The van der Waals surface area contributed by atoms with Crippen LogP contribution in [-0.2, 0) is 16.2 Å². The SMILES string of the molecule is c1ccc2c(c1)COCC2NOC1CCCC1. The lowest BCUT2D eigenvalue weighted by Crippen LogP contribution is -2.32. The van der Waals surface area contributed by atoms with Crippen molar-refractivity contribution in [3.05, 3.63) is 35.4 Å². The number of nitrogens with one attached hydrogen (secondary N) is 1. The summed E-state index contributed by atoms with van der Waals surface area (Å²) in [6.45, 7) is 1.42. The van der Waals surface area contributed by atoms with Crippen molar-refractivity contribution in [1.29, 1.82) is 0 Å². The van der Waals surface area contributed by atoms with Gasteiger partial charge in [0.05, 0.1) is 25.4 Å². The van der Waals surface area contributed by atoms with Gasteiger partial charge in [0, 0.05) is 0 Å². The number of fused-ring (bicyclic) bond motifs is 1. The van der Waals surface area contributed by atoms with E-state index in [1.54, 1.807) is 0 Å². The number of benzene rings is 1. The maximum atomic E-state index is 5.77. The Balaban J connectivity index is 1.64. The molecule has 0 saturated heterocycles. The van der Waals surface area contributed by atoms with Gasteiger partial charge in [-0.15, -0.1) is 0 Å². The predicted molar refractivity (Wildman–Crippen MR) is 65.3 cm³/mol. The maximum absolute atomic E-state index is 5.77. The van der Waals surface area contributed by atoms with E-state index in [1.807, 2.05) is 0 Å². The molecule has 0 radical (unpaired) electrons. The van der Waals surface area contributed by atoms with E-state index in [0.29, 0.717) is 12.7 Å². The molecule has 0 bridgehead atoms. The summed E-state index contributed by atoms with van der Waals surface area (Å²) in [5, 5.41) is 0. The minimum absolute atomic E-state index is 0.181. The molecule has 0 spiro atoms.